The van der Waals surface area contributed by atoms with Crippen molar-refractivity contribution in [3.8, 4) is 0 Å². The molecule has 0 spiro atoms. The summed E-state index contributed by atoms with van der Waals surface area (Å²) in [4.78, 5) is 12.6. The lowest BCUT2D eigenvalue weighted by atomic mass is 10.1. The minimum Gasteiger partial charge on any atom is -0.325 e. The van der Waals surface area contributed by atoms with Crippen LogP contribution in [0.5, 0.6) is 0 Å². The highest BCUT2D eigenvalue weighted by molar-refractivity contribution is 7.89. The number of nitrogens with one attached hydrogen (secondary N) is 1. The van der Waals surface area contributed by atoms with Crippen LogP contribution in [-0.4, -0.2) is 32.2 Å². The topological polar surface area (TPSA) is 66.5 Å². The summed E-state index contributed by atoms with van der Waals surface area (Å²) >= 11 is 0. The molecule has 2 aromatic rings. The number of carbonyl (C=O) groups is 1. The van der Waals surface area contributed by atoms with Crippen LogP contribution in [0.15, 0.2) is 35.2 Å². The number of aryl methyl sites for hydroxylation is 5. The SMILES string of the molecule is Cc1cc(C)c(S(=O)(=O)N(C)CC(=O)Nc2cc(C)ccc2C)c(C)c1. The smallest absolute Gasteiger partial charge is 0.243 e. The molecule has 0 saturated carbocycles. The first-order valence-electron chi connectivity index (χ1n) is 8.43. The monoisotopic (exact) mass is 374 g/mol. The molecule has 1 amide bonds. The van der Waals surface area contributed by atoms with E-state index in [1.54, 1.807) is 13.8 Å². The van der Waals surface area contributed by atoms with Crippen LogP contribution in [0, 0.1) is 34.6 Å². The predicted octanol–water partition coefficient (Wildman–Crippen LogP) is 3.49. The molecule has 6 heteroatoms. The van der Waals surface area contributed by atoms with Crippen LogP contribution in [0.1, 0.15) is 27.8 Å². The molecule has 0 fully saturated rings. The standard InChI is InChI=1S/C20H26N2O3S/c1-13-7-8-15(3)18(11-13)21-19(23)12-22(6)26(24,25)20-16(4)9-14(2)10-17(20)5/h7-11H,12H2,1-6H3,(H,21,23). The van der Waals surface area contributed by atoms with Gasteiger partial charge in [0.15, 0.2) is 0 Å². The average molecular weight is 375 g/mol. The fourth-order valence-corrected chi connectivity index (χ4v) is 4.61. The fourth-order valence-electron chi connectivity index (χ4n) is 3.08. The quantitative estimate of drug-likeness (QED) is 0.871. The summed E-state index contributed by atoms with van der Waals surface area (Å²) in [5.74, 6) is -0.368. The van der Waals surface area contributed by atoms with Crippen molar-refractivity contribution in [2.24, 2.45) is 0 Å². The number of rotatable bonds is 5. The Kier molecular flexibility index (Phi) is 5.88. The summed E-state index contributed by atoms with van der Waals surface area (Å²) in [6, 6.07) is 9.43. The largest absolute Gasteiger partial charge is 0.325 e. The summed E-state index contributed by atoms with van der Waals surface area (Å²) in [6.07, 6.45) is 0. The van der Waals surface area contributed by atoms with Crippen molar-refractivity contribution in [3.63, 3.8) is 0 Å². The van der Waals surface area contributed by atoms with Gasteiger partial charge in [0.05, 0.1) is 11.4 Å². The van der Waals surface area contributed by atoms with Crippen LogP contribution in [0.4, 0.5) is 5.69 Å². The van der Waals surface area contributed by atoms with E-state index < -0.39 is 10.0 Å². The molecule has 0 saturated heterocycles. The van der Waals surface area contributed by atoms with Crippen molar-refractivity contribution >= 4 is 21.6 Å². The lowest BCUT2D eigenvalue weighted by molar-refractivity contribution is -0.116. The average Bonchev–Trinajstić information content (AvgIpc) is 2.49. The van der Waals surface area contributed by atoms with Gasteiger partial charge in [-0.2, -0.15) is 4.31 Å². The normalized spacial score (nSPS) is 11.7. The number of anilines is 1. The van der Waals surface area contributed by atoms with Crippen LogP contribution >= 0.6 is 0 Å². The fraction of sp³-hybridized carbons (Fsp3) is 0.350. The van der Waals surface area contributed by atoms with E-state index in [2.05, 4.69) is 5.32 Å². The van der Waals surface area contributed by atoms with E-state index in [9.17, 15) is 13.2 Å². The number of amides is 1. The zero-order valence-corrected chi connectivity index (χ0v) is 17.0. The van der Waals surface area contributed by atoms with Gasteiger partial charge in [-0.15, -0.1) is 0 Å². The van der Waals surface area contributed by atoms with Crippen LogP contribution in [-0.2, 0) is 14.8 Å². The van der Waals surface area contributed by atoms with Gasteiger partial charge >= 0.3 is 0 Å². The summed E-state index contributed by atoms with van der Waals surface area (Å²) in [7, 11) is -2.32. The van der Waals surface area contributed by atoms with Gasteiger partial charge in [0, 0.05) is 12.7 Å². The van der Waals surface area contributed by atoms with Crippen molar-refractivity contribution in [2.75, 3.05) is 18.9 Å². The summed E-state index contributed by atoms with van der Waals surface area (Å²) in [5.41, 5.74) is 5.03. The molecule has 0 aliphatic rings. The zero-order chi connectivity index (χ0) is 19.6. The molecule has 0 heterocycles. The van der Waals surface area contributed by atoms with Crippen LogP contribution in [0.3, 0.4) is 0 Å². The molecule has 0 aromatic heterocycles. The molecule has 0 radical (unpaired) electrons. The number of carbonyl (C=O) groups excluding carboxylic acids is 1. The first-order chi connectivity index (χ1) is 12.0. The van der Waals surface area contributed by atoms with E-state index in [0.29, 0.717) is 16.8 Å². The molecule has 0 unspecified atom stereocenters. The van der Waals surface area contributed by atoms with Gasteiger partial charge in [-0.25, -0.2) is 8.42 Å². The number of sulfonamides is 1. The lowest BCUT2D eigenvalue weighted by Crippen LogP contribution is -2.35. The maximum atomic E-state index is 12.9. The maximum Gasteiger partial charge on any atom is 0.243 e. The lowest BCUT2D eigenvalue weighted by Gasteiger charge is -2.20. The third kappa shape index (κ3) is 4.31. The van der Waals surface area contributed by atoms with Gasteiger partial charge in [-0.1, -0.05) is 29.8 Å². The molecule has 26 heavy (non-hydrogen) atoms. The molecule has 2 aromatic carbocycles. The van der Waals surface area contributed by atoms with Crippen molar-refractivity contribution in [1.29, 1.82) is 0 Å². The molecule has 140 valence electrons. The van der Waals surface area contributed by atoms with E-state index in [-0.39, 0.29) is 17.3 Å². The highest BCUT2D eigenvalue weighted by Gasteiger charge is 2.26. The first kappa shape index (κ1) is 20.1. The number of likely N-dealkylation sites (N-methyl/N-ethyl adjacent to an activating group) is 1. The molecule has 2 rings (SSSR count). The second-order valence-corrected chi connectivity index (χ2v) is 8.84. The summed E-state index contributed by atoms with van der Waals surface area (Å²) in [5, 5.41) is 2.80. The molecule has 5 nitrogen and oxygen atoms in total. The van der Waals surface area contributed by atoms with Crippen molar-refractivity contribution in [1.82, 2.24) is 4.31 Å². The second kappa shape index (κ2) is 7.60. The van der Waals surface area contributed by atoms with Gasteiger partial charge < -0.3 is 5.32 Å². The molecular formula is C20H26N2O3S. The number of nitrogens with zero attached hydrogens (tertiary/aromatic N) is 1. The third-order valence-corrected chi connectivity index (χ3v) is 6.42. The molecular weight excluding hydrogens is 348 g/mol. The first-order valence-corrected chi connectivity index (χ1v) is 9.87. The number of hydrogen-bond donors (Lipinski definition) is 1. The molecule has 0 atom stereocenters. The van der Waals surface area contributed by atoms with E-state index in [4.69, 9.17) is 0 Å². The van der Waals surface area contributed by atoms with E-state index in [1.807, 2.05) is 51.1 Å². The van der Waals surface area contributed by atoms with Crippen molar-refractivity contribution in [3.05, 3.63) is 58.1 Å². The summed E-state index contributed by atoms with van der Waals surface area (Å²) < 4.78 is 27.0. The Hall–Kier alpha value is -2.18. The van der Waals surface area contributed by atoms with Gasteiger partial charge in [0.2, 0.25) is 15.9 Å². The third-order valence-electron chi connectivity index (χ3n) is 4.31. The Labute approximate surface area is 156 Å². The Balaban J connectivity index is 2.22. The number of hydrogen-bond acceptors (Lipinski definition) is 3. The highest BCUT2D eigenvalue weighted by Crippen LogP contribution is 2.24. The van der Waals surface area contributed by atoms with Gasteiger partial charge in [-0.3, -0.25) is 4.79 Å². The molecule has 0 aliphatic heterocycles. The Morgan fingerprint density at radius 3 is 2.08 bits per heavy atom. The molecule has 0 bridgehead atoms. The maximum absolute atomic E-state index is 12.9. The minimum absolute atomic E-state index is 0.248. The Morgan fingerprint density at radius 1 is 0.923 bits per heavy atom. The zero-order valence-electron chi connectivity index (χ0n) is 16.2. The molecule has 0 aliphatic carbocycles. The van der Waals surface area contributed by atoms with Crippen molar-refractivity contribution in [2.45, 2.75) is 39.5 Å². The van der Waals surface area contributed by atoms with E-state index in [0.717, 1.165) is 21.0 Å². The predicted molar refractivity (Wildman–Crippen MR) is 105 cm³/mol. The van der Waals surface area contributed by atoms with Crippen LogP contribution < -0.4 is 5.32 Å². The summed E-state index contributed by atoms with van der Waals surface area (Å²) in [6.45, 7) is 9.07. The van der Waals surface area contributed by atoms with Gasteiger partial charge in [0.25, 0.3) is 0 Å². The van der Waals surface area contributed by atoms with E-state index >= 15 is 0 Å². The van der Waals surface area contributed by atoms with Crippen molar-refractivity contribution < 1.29 is 13.2 Å². The Bertz CT molecular complexity index is 927. The Morgan fingerprint density at radius 2 is 1.50 bits per heavy atom. The van der Waals surface area contributed by atoms with Gasteiger partial charge in [-0.05, 0) is 62.9 Å². The number of benzene rings is 2. The molecule has 1 N–H and O–H groups in total. The van der Waals surface area contributed by atoms with Crippen LogP contribution in [0.2, 0.25) is 0 Å². The second-order valence-electron chi connectivity index (χ2n) is 6.86. The highest BCUT2D eigenvalue weighted by atomic mass is 32.2. The van der Waals surface area contributed by atoms with Gasteiger partial charge in [0.1, 0.15) is 0 Å². The minimum atomic E-state index is -3.75. The van der Waals surface area contributed by atoms with E-state index in [1.165, 1.54) is 7.05 Å². The van der Waals surface area contributed by atoms with Crippen LogP contribution in [0.25, 0.3) is 0 Å².